The van der Waals surface area contributed by atoms with Crippen LogP contribution < -0.4 is 16.2 Å². The Balaban J connectivity index is 1.21. The average molecular weight is 401 g/mol. The number of aryl methyl sites for hydroxylation is 1. The first kappa shape index (κ1) is 18.4. The highest BCUT2D eigenvalue weighted by atomic mass is 16.1. The molecule has 30 heavy (non-hydrogen) atoms. The molecule has 8 heteroatoms. The van der Waals surface area contributed by atoms with Crippen molar-refractivity contribution < 1.29 is 0 Å². The van der Waals surface area contributed by atoms with Crippen molar-refractivity contribution in [3.63, 3.8) is 0 Å². The first-order valence-electron chi connectivity index (χ1n) is 10.1. The van der Waals surface area contributed by atoms with Crippen molar-refractivity contribution >= 4 is 22.9 Å². The second kappa shape index (κ2) is 7.62. The van der Waals surface area contributed by atoms with E-state index in [1.165, 1.54) is 0 Å². The van der Waals surface area contributed by atoms with Crippen LogP contribution in [-0.2, 0) is 0 Å². The molecule has 0 saturated heterocycles. The number of rotatable bonds is 5. The van der Waals surface area contributed by atoms with E-state index in [1.807, 2.05) is 43.3 Å². The van der Waals surface area contributed by atoms with E-state index in [2.05, 4.69) is 30.6 Å². The van der Waals surface area contributed by atoms with E-state index >= 15 is 0 Å². The molecule has 2 atom stereocenters. The first-order valence-corrected chi connectivity index (χ1v) is 10.1. The summed E-state index contributed by atoms with van der Waals surface area (Å²) in [5.41, 5.74) is 3.11. The zero-order valence-corrected chi connectivity index (χ0v) is 16.7. The van der Waals surface area contributed by atoms with E-state index in [4.69, 9.17) is 0 Å². The van der Waals surface area contributed by atoms with Gasteiger partial charge in [0.2, 0.25) is 5.95 Å². The Morgan fingerprint density at radius 1 is 1.07 bits per heavy atom. The molecule has 4 aromatic heterocycles. The third-order valence-corrected chi connectivity index (χ3v) is 5.54. The maximum atomic E-state index is 12.3. The van der Waals surface area contributed by atoms with Crippen molar-refractivity contribution in [2.24, 2.45) is 0 Å². The molecule has 0 spiro atoms. The number of imidazole rings is 1. The fourth-order valence-electron chi connectivity index (χ4n) is 3.98. The second-order valence-electron chi connectivity index (χ2n) is 7.72. The quantitative estimate of drug-likeness (QED) is 0.475. The predicted octanol–water partition coefficient (Wildman–Crippen LogP) is 3.26. The summed E-state index contributed by atoms with van der Waals surface area (Å²) in [7, 11) is 0. The van der Waals surface area contributed by atoms with Gasteiger partial charge in [0.1, 0.15) is 11.3 Å². The number of nitrogens with zero attached hydrogens (tertiary/aromatic N) is 4. The molecule has 0 bridgehead atoms. The van der Waals surface area contributed by atoms with Crippen LogP contribution in [0.2, 0.25) is 0 Å². The van der Waals surface area contributed by atoms with Gasteiger partial charge >= 0.3 is 0 Å². The average Bonchev–Trinajstić information content (AvgIpc) is 3.37. The van der Waals surface area contributed by atoms with Gasteiger partial charge in [0.25, 0.3) is 5.56 Å². The number of nitrogens with one attached hydrogen (secondary N) is 3. The van der Waals surface area contributed by atoms with Gasteiger partial charge in [-0.1, -0.05) is 6.07 Å². The predicted molar refractivity (Wildman–Crippen MR) is 117 cm³/mol. The molecule has 0 amide bonds. The van der Waals surface area contributed by atoms with Crippen LogP contribution >= 0.6 is 0 Å². The van der Waals surface area contributed by atoms with Gasteiger partial charge in [-0.05, 0) is 56.5 Å². The van der Waals surface area contributed by atoms with Gasteiger partial charge in [-0.25, -0.2) is 15.0 Å². The summed E-state index contributed by atoms with van der Waals surface area (Å²) in [5.74, 6) is 1.58. The number of pyridine rings is 3. The van der Waals surface area contributed by atoms with Crippen LogP contribution in [0.15, 0.2) is 59.8 Å². The van der Waals surface area contributed by atoms with Crippen LogP contribution in [0.1, 0.15) is 24.8 Å². The van der Waals surface area contributed by atoms with Gasteiger partial charge in [0.15, 0.2) is 5.65 Å². The largest absolute Gasteiger partial charge is 0.367 e. The molecule has 1 aliphatic rings. The standard InChI is InChI=1S/C22H23N7O/c1-14-4-3-11-29(21(14)30)17-8-9-19(24-13-17)25-15-6-7-16(12-15)26-22-27-18-5-2-10-23-20(18)28-22/h2-5,8-11,13,15-16H,6-7,12H2,1H3,(H,24,25)(H2,23,26,27,28)/t15-,16-/m0/s1. The Morgan fingerprint density at radius 2 is 1.93 bits per heavy atom. The zero-order chi connectivity index (χ0) is 20.5. The lowest BCUT2D eigenvalue weighted by Gasteiger charge is -2.15. The van der Waals surface area contributed by atoms with Gasteiger partial charge in [-0.15, -0.1) is 0 Å². The summed E-state index contributed by atoms with van der Waals surface area (Å²) >= 11 is 0. The summed E-state index contributed by atoms with van der Waals surface area (Å²) < 4.78 is 1.61. The molecular weight excluding hydrogens is 378 g/mol. The van der Waals surface area contributed by atoms with Gasteiger partial charge < -0.3 is 15.6 Å². The summed E-state index contributed by atoms with van der Waals surface area (Å²) in [6.07, 6.45) is 8.34. The Bertz CT molecular complexity index is 1200. The number of hydrogen-bond donors (Lipinski definition) is 3. The number of aromatic amines is 1. The van der Waals surface area contributed by atoms with Crippen molar-refractivity contribution in [2.45, 2.75) is 38.3 Å². The minimum atomic E-state index is -0.0227. The van der Waals surface area contributed by atoms with Crippen molar-refractivity contribution in [3.05, 3.63) is 70.9 Å². The smallest absolute Gasteiger partial charge is 0.258 e. The second-order valence-corrected chi connectivity index (χ2v) is 7.72. The molecule has 3 N–H and O–H groups in total. The molecule has 1 aliphatic carbocycles. The lowest BCUT2D eigenvalue weighted by molar-refractivity contribution is 0.718. The number of fused-ring (bicyclic) bond motifs is 1. The Morgan fingerprint density at radius 3 is 2.73 bits per heavy atom. The molecular formula is C22H23N7O. The summed E-state index contributed by atoms with van der Waals surface area (Å²) in [6.45, 7) is 1.81. The highest BCUT2D eigenvalue weighted by molar-refractivity contribution is 5.72. The lowest BCUT2D eigenvalue weighted by Crippen LogP contribution is -2.22. The minimum Gasteiger partial charge on any atom is -0.367 e. The monoisotopic (exact) mass is 401 g/mol. The molecule has 1 fully saturated rings. The van der Waals surface area contributed by atoms with E-state index in [1.54, 1.807) is 23.2 Å². The fourth-order valence-corrected chi connectivity index (χ4v) is 3.98. The van der Waals surface area contributed by atoms with Crippen LogP contribution in [0, 0.1) is 6.92 Å². The summed E-state index contributed by atoms with van der Waals surface area (Å²) in [5, 5.41) is 6.99. The third-order valence-electron chi connectivity index (χ3n) is 5.54. The maximum Gasteiger partial charge on any atom is 0.258 e. The molecule has 5 rings (SSSR count). The van der Waals surface area contributed by atoms with Crippen LogP contribution in [0.25, 0.3) is 16.9 Å². The third kappa shape index (κ3) is 3.63. The maximum absolute atomic E-state index is 12.3. The Hall–Kier alpha value is -3.68. The minimum absolute atomic E-state index is 0.0227. The molecule has 152 valence electrons. The number of anilines is 2. The molecule has 0 aliphatic heterocycles. The van der Waals surface area contributed by atoms with Gasteiger partial charge in [-0.2, -0.15) is 0 Å². The van der Waals surface area contributed by atoms with E-state index in [-0.39, 0.29) is 5.56 Å². The molecule has 0 unspecified atom stereocenters. The normalized spacial score (nSPS) is 18.6. The van der Waals surface area contributed by atoms with E-state index in [0.717, 1.165) is 47.9 Å². The molecule has 1 saturated carbocycles. The Kier molecular flexibility index (Phi) is 4.66. The SMILES string of the molecule is Cc1cccn(-c2ccc(N[C@H]3CC[C@H](Nc4nc5cccnc5[nH]4)C3)nc2)c1=O. The number of aromatic nitrogens is 5. The van der Waals surface area contributed by atoms with Crippen molar-refractivity contribution in [3.8, 4) is 5.69 Å². The summed E-state index contributed by atoms with van der Waals surface area (Å²) in [4.78, 5) is 28.8. The highest BCUT2D eigenvalue weighted by Gasteiger charge is 2.25. The first-order chi connectivity index (χ1) is 14.7. The molecule has 4 aromatic rings. The van der Waals surface area contributed by atoms with Crippen LogP contribution in [0.3, 0.4) is 0 Å². The van der Waals surface area contributed by atoms with Gasteiger partial charge in [-0.3, -0.25) is 9.36 Å². The van der Waals surface area contributed by atoms with E-state index in [9.17, 15) is 4.79 Å². The molecule has 4 heterocycles. The van der Waals surface area contributed by atoms with E-state index in [0.29, 0.717) is 17.6 Å². The molecule has 8 nitrogen and oxygen atoms in total. The summed E-state index contributed by atoms with van der Waals surface area (Å²) in [6, 6.07) is 12.0. The topological polar surface area (TPSA) is 101 Å². The van der Waals surface area contributed by atoms with Gasteiger partial charge in [0, 0.05) is 30.0 Å². The van der Waals surface area contributed by atoms with Crippen LogP contribution in [0.5, 0.6) is 0 Å². The lowest BCUT2D eigenvalue weighted by atomic mass is 10.2. The van der Waals surface area contributed by atoms with Crippen molar-refractivity contribution in [1.82, 2.24) is 24.5 Å². The molecule has 0 radical (unpaired) electrons. The number of hydrogen-bond acceptors (Lipinski definition) is 6. The fraction of sp³-hybridized carbons (Fsp3) is 0.273. The highest BCUT2D eigenvalue weighted by Crippen LogP contribution is 2.25. The molecule has 0 aromatic carbocycles. The van der Waals surface area contributed by atoms with Gasteiger partial charge in [0.05, 0.1) is 11.9 Å². The van der Waals surface area contributed by atoms with E-state index < -0.39 is 0 Å². The van der Waals surface area contributed by atoms with Crippen LogP contribution in [0.4, 0.5) is 11.8 Å². The zero-order valence-electron chi connectivity index (χ0n) is 16.7. The van der Waals surface area contributed by atoms with Crippen molar-refractivity contribution in [2.75, 3.05) is 10.6 Å². The number of H-pyrrole nitrogens is 1. The van der Waals surface area contributed by atoms with Crippen molar-refractivity contribution in [1.29, 1.82) is 0 Å². The van der Waals surface area contributed by atoms with Crippen LogP contribution in [-0.4, -0.2) is 36.6 Å². The Labute approximate surface area is 173 Å².